The zero-order chi connectivity index (χ0) is 11.4. The summed E-state index contributed by atoms with van der Waals surface area (Å²) in [5.74, 6) is -1.47. The van der Waals surface area contributed by atoms with E-state index >= 15 is 0 Å². The average Bonchev–Trinajstić information content (AvgIpc) is 2.69. The second kappa shape index (κ2) is 2.84. The van der Waals surface area contributed by atoms with E-state index in [4.69, 9.17) is 9.47 Å². The smallest absolute Gasteiger partial charge is 0.289 e. The molecule has 2 heterocycles. The van der Waals surface area contributed by atoms with Gasteiger partial charge in [-0.1, -0.05) is 18.2 Å². The van der Waals surface area contributed by atoms with Crippen LogP contribution in [0.4, 0.5) is 5.69 Å². The van der Waals surface area contributed by atoms with E-state index in [-0.39, 0.29) is 5.91 Å². The molecule has 0 saturated carbocycles. The van der Waals surface area contributed by atoms with E-state index in [0.29, 0.717) is 6.61 Å². The fraction of sp³-hybridized carbons (Fsp3) is 0.417. The molecule has 1 amide bonds. The van der Waals surface area contributed by atoms with Crippen LogP contribution in [0.2, 0.25) is 0 Å². The van der Waals surface area contributed by atoms with Crippen molar-refractivity contribution in [3.63, 3.8) is 0 Å². The summed E-state index contributed by atoms with van der Waals surface area (Å²) in [4.78, 5) is 12.0. The Balaban J connectivity index is 2.12. The highest BCUT2D eigenvalue weighted by Gasteiger charge is 2.57. The number of carbonyl (C=O) groups excluding carboxylic acids is 1. The van der Waals surface area contributed by atoms with Crippen molar-refractivity contribution >= 4 is 11.6 Å². The summed E-state index contributed by atoms with van der Waals surface area (Å²) in [5, 5.41) is 2.78. The molecule has 16 heavy (non-hydrogen) atoms. The van der Waals surface area contributed by atoms with Gasteiger partial charge < -0.3 is 14.8 Å². The number of anilines is 1. The van der Waals surface area contributed by atoms with Gasteiger partial charge in [0.15, 0.2) is 0 Å². The van der Waals surface area contributed by atoms with E-state index in [0.717, 1.165) is 11.3 Å². The molecule has 1 aromatic rings. The molecule has 0 bridgehead atoms. The number of carbonyl (C=O) groups is 1. The molecular formula is C12H13NO3. The Bertz CT molecular complexity index is 469. The van der Waals surface area contributed by atoms with Gasteiger partial charge in [0, 0.05) is 5.56 Å². The van der Waals surface area contributed by atoms with Crippen LogP contribution in [0.25, 0.3) is 0 Å². The van der Waals surface area contributed by atoms with Crippen molar-refractivity contribution in [2.45, 2.75) is 25.2 Å². The van der Waals surface area contributed by atoms with E-state index in [2.05, 4.69) is 5.32 Å². The van der Waals surface area contributed by atoms with Crippen LogP contribution >= 0.6 is 0 Å². The average molecular weight is 219 g/mol. The molecule has 1 saturated heterocycles. The van der Waals surface area contributed by atoms with Crippen molar-refractivity contribution in [2.75, 3.05) is 11.9 Å². The van der Waals surface area contributed by atoms with Crippen LogP contribution < -0.4 is 5.32 Å². The fourth-order valence-corrected chi connectivity index (χ4v) is 2.17. The molecule has 2 aliphatic rings. The van der Waals surface area contributed by atoms with Gasteiger partial charge in [-0.25, -0.2) is 0 Å². The molecule has 0 aromatic heterocycles. The largest absolute Gasteiger partial charge is 0.335 e. The number of hydrogen-bond acceptors (Lipinski definition) is 3. The molecular weight excluding hydrogens is 206 g/mol. The first-order chi connectivity index (χ1) is 7.54. The van der Waals surface area contributed by atoms with Crippen molar-refractivity contribution in [1.29, 1.82) is 0 Å². The number of ether oxygens (including phenoxy) is 2. The minimum Gasteiger partial charge on any atom is -0.335 e. The maximum absolute atomic E-state index is 12.0. The predicted molar refractivity (Wildman–Crippen MR) is 57.9 cm³/mol. The second-order valence-electron chi connectivity index (χ2n) is 4.77. The molecule has 1 spiro atoms. The van der Waals surface area contributed by atoms with Crippen LogP contribution in [-0.4, -0.2) is 18.1 Å². The van der Waals surface area contributed by atoms with Crippen LogP contribution in [0.1, 0.15) is 19.4 Å². The van der Waals surface area contributed by atoms with Crippen molar-refractivity contribution in [1.82, 2.24) is 0 Å². The maximum Gasteiger partial charge on any atom is 0.289 e. The van der Waals surface area contributed by atoms with Crippen LogP contribution in [0.15, 0.2) is 24.3 Å². The van der Waals surface area contributed by atoms with Gasteiger partial charge in [0.2, 0.25) is 0 Å². The zero-order valence-corrected chi connectivity index (χ0v) is 9.24. The van der Waals surface area contributed by atoms with Gasteiger partial charge in [-0.05, 0) is 19.9 Å². The second-order valence-corrected chi connectivity index (χ2v) is 4.77. The van der Waals surface area contributed by atoms with Crippen LogP contribution in [0.3, 0.4) is 0 Å². The normalized spacial score (nSPS) is 30.5. The number of hydrogen-bond donors (Lipinski definition) is 1. The first-order valence-electron chi connectivity index (χ1n) is 5.29. The van der Waals surface area contributed by atoms with Gasteiger partial charge in [0.1, 0.15) is 0 Å². The van der Waals surface area contributed by atoms with E-state index in [1.165, 1.54) is 0 Å². The number of para-hydroxylation sites is 1. The molecule has 4 heteroatoms. The topological polar surface area (TPSA) is 47.6 Å². The van der Waals surface area contributed by atoms with E-state index in [9.17, 15) is 4.79 Å². The summed E-state index contributed by atoms with van der Waals surface area (Å²) in [7, 11) is 0. The standard InChI is InChI=1S/C12H13NO3/c1-11(2)7-15-12(16-11)8-5-3-4-6-9(8)13-10(12)14/h3-6H,7H2,1-2H3,(H,13,14)/t12-/m1/s1. The van der Waals surface area contributed by atoms with Crippen LogP contribution in [-0.2, 0) is 20.1 Å². The zero-order valence-electron chi connectivity index (χ0n) is 9.24. The van der Waals surface area contributed by atoms with E-state index < -0.39 is 11.4 Å². The third-order valence-electron chi connectivity index (χ3n) is 2.87. The fourth-order valence-electron chi connectivity index (χ4n) is 2.17. The van der Waals surface area contributed by atoms with Crippen molar-refractivity contribution in [3.05, 3.63) is 29.8 Å². The Hall–Kier alpha value is -1.39. The number of nitrogens with one attached hydrogen (secondary N) is 1. The molecule has 0 radical (unpaired) electrons. The highest BCUT2D eigenvalue weighted by atomic mass is 16.8. The van der Waals surface area contributed by atoms with Gasteiger partial charge in [0.25, 0.3) is 11.7 Å². The maximum atomic E-state index is 12.0. The van der Waals surface area contributed by atoms with Gasteiger partial charge in [0.05, 0.1) is 17.9 Å². The quantitative estimate of drug-likeness (QED) is 0.721. The highest BCUT2D eigenvalue weighted by Crippen LogP contribution is 2.46. The summed E-state index contributed by atoms with van der Waals surface area (Å²) in [6.45, 7) is 4.24. The summed E-state index contributed by atoms with van der Waals surface area (Å²) in [6, 6.07) is 7.45. The Morgan fingerprint density at radius 3 is 2.75 bits per heavy atom. The number of rotatable bonds is 0. The summed E-state index contributed by atoms with van der Waals surface area (Å²) < 4.78 is 11.4. The number of amides is 1. The molecule has 1 N–H and O–H groups in total. The lowest BCUT2D eigenvalue weighted by atomic mass is 10.1. The van der Waals surface area contributed by atoms with Crippen LogP contribution in [0, 0.1) is 0 Å². The minimum absolute atomic E-state index is 0.237. The third kappa shape index (κ3) is 1.14. The summed E-state index contributed by atoms with van der Waals surface area (Å²) in [6.07, 6.45) is 0. The molecule has 84 valence electrons. The molecule has 3 rings (SSSR count). The molecule has 1 fully saturated rings. The molecule has 1 aromatic carbocycles. The first kappa shape index (κ1) is 9.81. The van der Waals surface area contributed by atoms with Gasteiger partial charge in [-0.3, -0.25) is 4.79 Å². The minimum atomic E-state index is -1.24. The summed E-state index contributed by atoms with van der Waals surface area (Å²) in [5.41, 5.74) is 1.10. The Morgan fingerprint density at radius 1 is 1.31 bits per heavy atom. The summed E-state index contributed by atoms with van der Waals surface area (Å²) >= 11 is 0. The molecule has 2 aliphatic heterocycles. The Kier molecular flexibility index (Phi) is 1.74. The lowest BCUT2D eigenvalue weighted by molar-refractivity contribution is -0.191. The Labute approximate surface area is 93.5 Å². The van der Waals surface area contributed by atoms with E-state index in [1.54, 1.807) is 0 Å². The SMILES string of the molecule is CC1(C)CO[C@]2(O1)C(=O)Nc1ccccc12. The van der Waals surface area contributed by atoms with E-state index in [1.807, 2.05) is 38.1 Å². The number of fused-ring (bicyclic) bond motifs is 2. The van der Waals surface area contributed by atoms with Crippen LogP contribution in [0.5, 0.6) is 0 Å². The number of benzene rings is 1. The lowest BCUT2D eigenvalue weighted by Crippen LogP contribution is -2.37. The molecule has 1 atom stereocenters. The molecule has 0 aliphatic carbocycles. The monoisotopic (exact) mass is 219 g/mol. The molecule has 4 nitrogen and oxygen atoms in total. The predicted octanol–water partition coefficient (Wildman–Crippen LogP) is 1.62. The Morgan fingerprint density at radius 2 is 2.06 bits per heavy atom. The first-order valence-corrected chi connectivity index (χ1v) is 5.29. The highest BCUT2D eigenvalue weighted by molar-refractivity contribution is 6.04. The third-order valence-corrected chi connectivity index (χ3v) is 2.87. The van der Waals surface area contributed by atoms with Crippen molar-refractivity contribution in [2.24, 2.45) is 0 Å². The van der Waals surface area contributed by atoms with Gasteiger partial charge >= 0.3 is 0 Å². The molecule has 0 unspecified atom stereocenters. The lowest BCUT2D eigenvalue weighted by Gasteiger charge is -2.22. The van der Waals surface area contributed by atoms with Gasteiger partial charge in [-0.2, -0.15) is 0 Å². The van der Waals surface area contributed by atoms with Crippen molar-refractivity contribution in [3.8, 4) is 0 Å². The van der Waals surface area contributed by atoms with Crippen molar-refractivity contribution < 1.29 is 14.3 Å². The van der Waals surface area contributed by atoms with Gasteiger partial charge in [-0.15, -0.1) is 0 Å².